The van der Waals surface area contributed by atoms with Gasteiger partial charge in [0.25, 0.3) is 0 Å². The Morgan fingerprint density at radius 3 is 2.62 bits per heavy atom. The third-order valence-corrected chi connectivity index (χ3v) is 4.75. The number of halogens is 1. The smallest absolute Gasteiger partial charge is 0.242 e. The number of hydrogen-bond acceptors (Lipinski definition) is 5. The van der Waals surface area contributed by atoms with E-state index in [-0.39, 0.29) is 25.2 Å². The van der Waals surface area contributed by atoms with Crippen LogP contribution in [0.25, 0.3) is 0 Å². The van der Waals surface area contributed by atoms with Crippen molar-refractivity contribution < 1.29 is 23.5 Å². The van der Waals surface area contributed by atoms with Crippen LogP contribution >= 0.6 is 11.6 Å². The van der Waals surface area contributed by atoms with Crippen LogP contribution < -0.4 is 9.47 Å². The molecule has 0 aliphatic carbocycles. The fraction of sp³-hybridized carbons (Fsp3) is 0.429. The second-order valence-electron chi connectivity index (χ2n) is 6.89. The first-order valence-corrected chi connectivity index (χ1v) is 10.0. The summed E-state index contributed by atoms with van der Waals surface area (Å²) in [5, 5.41) is -0.679. The van der Waals surface area contributed by atoms with Gasteiger partial charge in [0.15, 0.2) is 11.5 Å². The summed E-state index contributed by atoms with van der Waals surface area (Å²) in [4.78, 5) is 28.6. The van der Waals surface area contributed by atoms with E-state index in [2.05, 4.69) is 0 Å². The monoisotopic (exact) mass is 420 g/mol. The fourth-order valence-corrected chi connectivity index (χ4v) is 3.27. The molecule has 0 radical (unpaired) electrons. The van der Waals surface area contributed by atoms with Gasteiger partial charge in [-0.25, -0.2) is 0 Å². The average Bonchev–Trinajstić information content (AvgIpc) is 3.37. The number of fused-ring (bicyclic) bond motifs is 1. The molecule has 2 heterocycles. The molecule has 0 bridgehead atoms. The molecule has 3 rings (SSSR count). The zero-order chi connectivity index (χ0) is 20.8. The molecule has 7 nitrogen and oxygen atoms in total. The summed E-state index contributed by atoms with van der Waals surface area (Å²) in [6.45, 7) is 4.85. The minimum Gasteiger partial charge on any atom is -0.467 e. The van der Waals surface area contributed by atoms with Crippen molar-refractivity contribution in [3.63, 3.8) is 0 Å². The van der Waals surface area contributed by atoms with Crippen molar-refractivity contribution in [1.82, 2.24) is 9.80 Å². The minimum absolute atomic E-state index is 0.0327. The highest BCUT2D eigenvalue weighted by atomic mass is 35.5. The van der Waals surface area contributed by atoms with Gasteiger partial charge < -0.3 is 23.7 Å². The summed E-state index contributed by atoms with van der Waals surface area (Å²) < 4.78 is 16.2. The summed E-state index contributed by atoms with van der Waals surface area (Å²) in [6.07, 6.45) is 2.31. The number of amides is 2. The van der Waals surface area contributed by atoms with E-state index in [1.165, 1.54) is 4.90 Å². The lowest BCUT2D eigenvalue weighted by Gasteiger charge is -2.28. The lowest BCUT2D eigenvalue weighted by Crippen LogP contribution is -2.44. The highest BCUT2D eigenvalue weighted by molar-refractivity contribution is 6.30. The van der Waals surface area contributed by atoms with Gasteiger partial charge in [-0.15, -0.1) is 11.6 Å². The van der Waals surface area contributed by atoms with Crippen molar-refractivity contribution in [2.75, 3.05) is 19.9 Å². The number of rotatable bonds is 9. The molecule has 0 fully saturated rings. The Kier molecular flexibility index (Phi) is 7.04. The molecule has 2 aromatic rings. The van der Waals surface area contributed by atoms with Gasteiger partial charge >= 0.3 is 0 Å². The van der Waals surface area contributed by atoms with Gasteiger partial charge in [-0.2, -0.15) is 0 Å². The van der Waals surface area contributed by atoms with Crippen LogP contribution in [0, 0.1) is 0 Å². The molecule has 8 heteroatoms. The number of carbonyl (C=O) groups excluding carboxylic acids is 2. The van der Waals surface area contributed by atoms with Crippen molar-refractivity contribution in [3.8, 4) is 11.5 Å². The van der Waals surface area contributed by atoms with E-state index in [0.717, 1.165) is 12.0 Å². The molecule has 1 atom stereocenters. The van der Waals surface area contributed by atoms with Crippen LogP contribution in [0.2, 0.25) is 0 Å². The van der Waals surface area contributed by atoms with E-state index < -0.39 is 5.38 Å². The molecule has 0 spiro atoms. The number of alkyl halides is 1. The summed E-state index contributed by atoms with van der Waals surface area (Å²) in [5.74, 6) is 1.58. The first-order valence-electron chi connectivity index (χ1n) is 9.59. The zero-order valence-corrected chi connectivity index (χ0v) is 17.4. The number of nitrogens with zero attached hydrogens (tertiary/aromatic N) is 2. The lowest BCUT2D eigenvalue weighted by atomic mass is 10.1. The van der Waals surface area contributed by atoms with Gasteiger partial charge in [-0.1, -0.05) is 13.0 Å². The number of furan rings is 1. The topological polar surface area (TPSA) is 72.2 Å². The molecular formula is C21H25ClN2O5. The normalized spacial score (nSPS) is 13.2. The van der Waals surface area contributed by atoms with Gasteiger partial charge in [-0.3, -0.25) is 9.59 Å². The molecule has 0 N–H and O–H groups in total. The molecule has 1 aromatic heterocycles. The van der Waals surface area contributed by atoms with Crippen LogP contribution in [0.1, 0.15) is 31.6 Å². The second-order valence-corrected chi connectivity index (χ2v) is 7.55. The van der Waals surface area contributed by atoms with E-state index in [4.69, 9.17) is 25.5 Å². The molecule has 156 valence electrons. The summed E-state index contributed by atoms with van der Waals surface area (Å²) in [6, 6.07) is 9.18. The summed E-state index contributed by atoms with van der Waals surface area (Å²) >= 11 is 5.96. The maximum Gasteiger partial charge on any atom is 0.242 e. The molecule has 2 amide bonds. The maximum absolute atomic E-state index is 13.1. The molecule has 0 saturated carbocycles. The van der Waals surface area contributed by atoms with Gasteiger partial charge in [0.05, 0.1) is 19.4 Å². The van der Waals surface area contributed by atoms with Crippen LogP contribution in [-0.2, 0) is 22.7 Å². The molecule has 1 unspecified atom stereocenters. The van der Waals surface area contributed by atoms with Crippen molar-refractivity contribution in [3.05, 3.63) is 47.9 Å². The van der Waals surface area contributed by atoms with Crippen LogP contribution in [0.15, 0.2) is 41.0 Å². The number of ether oxygens (including phenoxy) is 2. The Morgan fingerprint density at radius 1 is 1.14 bits per heavy atom. The van der Waals surface area contributed by atoms with Crippen molar-refractivity contribution in [2.24, 2.45) is 0 Å². The van der Waals surface area contributed by atoms with E-state index in [1.54, 1.807) is 24.2 Å². The number of carbonyl (C=O) groups is 2. The molecule has 1 aromatic carbocycles. The first kappa shape index (κ1) is 21.0. The van der Waals surface area contributed by atoms with Gasteiger partial charge in [-0.05, 0) is 43.2 Å². The van der Waals surface area contributed by atoms with E-state index in [1.807, 2.05) is 31.2 Å². The minimum atomic E-state index is -0.679. The predicted octanol–water partition coefficient (Wildman–Crippen LogP) is 3.40. The third-order valence-electron chi connectivity index (χ3n) is 4.56. The van der Waals surface area contributed by atoms with Crippen LogP contribution in [0.3, 0.4) is 0 Å². The number of hydrogen-bond donors (Lipinski definition) is 0. The predicted molar refractivity (Wildman–Crippen MR) is 108 cm³/mol. The van der Waals surface area contributed by atoms with Gasteiger partial charge in [0, 0.05) is 13.1 Å². The zero-order valence-electron chi connectivity index (χ0n) is 16.6. The highest BCUT2D eigenvalue weighted by Crippen LogP contribution is 2.33. The van der Waals surface area contributed by atoms with Crippen molar-refractivity contribution in [1.29, 1.82) is 0 Å². The lowest BCUT2D eigenvalue weighted by molar-refractivity contribution is -0.141. The molecular weight excluding hydrogens is 396 g/mol. The molecule has 1 aliphatic rings. The molecule has 1 aliphatic heterocycles. The summed E-state index contributed by atoms with van der Waals surface area (Å²) in [5.41, 5.74) is 0.897. The fourth-order valence-electron chi connectivity index (χ4n) is 3.13. The highest BCUT2D eigenvalue weighted by Gasteiger charge is 2.24. The van der Waals surface area contributed by atoms with E-state index in [9.17, 15) is 9.59 Å². The molecule has 0 saturated heterocycles. The van der Waals surface area contributed by atoms with Crippen LogP contribution in [-0.4, -0.2) is 46.9 Å². The maximum atomic E-state index is 13.1. The van der Waals surface area contributed by atoms with Crippen molar-refractivity contribution >= 4 is 23.4 Å². The van der Waals surface area contributed by atoms with E-state index in [0.29, 0.717) is 36.9 Å². The Labute approximate surface area is 175 Å². The Bertz CT molecular complexity index is 838. The second kappa shape index (κ2) is 9.69. The average molecular weight is 421 g/mol. The Hall–Kier alpha value is -2.67. The van der Waals surface area contributed by atoms with Gasteiger partial charge in [0.2, 0.25) is 18.6 Å². The van der Waals surface area contributed by atoms with Crippen LogP contribution in [0.5, 0.6) is 11.5 Å². The molecule has 29 heavy (non-hydrogen) atoms. The SMILES string of the molecule is CCCN(CC(=O)N(Cc1ccc2c(c1)OCO2)Cc1ccco1)C(=O)C(C)Cl. The summed E-state index contributed by atoms with van der Waals surface area (Å²) in [7, 11) is 0. The largest absolute Gasteiger partial charge is 0.467 e. The van der Waals surface area contributed by atoms with E-state index >= 15 is 0 Å². The first-order chi connectivity index (χ1) is 14.0. The van der Waals surface area contributed by atoms with Crippen LogP contribution in [0.4, 0.5) is 0 Å². The van der Waals surface area contributed by atoms with Gasteiger partial charge in [0.1, 0.15) is 11.1 Å². The third kappa shape index (κ3) is 5.44. The quantitative estimate of drug-likeness (QED) is 0.581. The van der Waals surface area contributed by atoms with Crippen molar-refractivity contribution in [2.45, 2.75) is 38.7 Å². The Morgan fingerprint density at radius 2 is 1.93 bits per heavy atom. The number of benzene rings is 1. The standard InChI is InChI=1S/C21H25ClN2O5/c1-3-8-23(21(26)15(2)22)13-20(25)24(12-17-5-4-9-27-17)11-16-6-7-18-19(10-16)29-14-28-18/h4-7,9-10,15H,3,8,11-14H2,1-2H3. The Balaban J connectivity index is 1.76.